The van der Waals surface area contributed by atoms with Crippen molar-refractivity contribution in [1.29, 1.82) is 0 Å². The molecule has 2 aromatic rings. The van der Waals surface area contributed by atoms with Crippen LogP contribution in [0.4, 0.5) is 0 Å². The summed E-state index contributed by atoms with van der Waals surface area (Å²) >= 11 is 5.89. The number of hydrogen-bond acceptors (Lipinski definition) is 4. The van der Waals surface area contributed by atoms with Crippen molar-refractivity contribution in [2.24, 2.45) is 0 Å². The predicted octanol–water partition coefficient (Wildman–Crippen LogP) is 3.78. The fraction of sp³-hybridized carbons (Fsp3) is 0.375. The van der Waals surface area contributed by atoms with E-state index >= 15 is 0 Å². The number of carbonyl (C=O) groups excluding carboxylic acids is 1. The van der Waals surface area contributed by atoms with Crippen molar-refractivity contribution in [1.82, 2.24) is 9.88 Å². The molecule has 0 aliphatic heterocycles. The molecule has 0 N–H and O–H groups in total. The van der Waals surface area contributed by atoms with Gasteiger partial charge in [0.2, 0.25) is 0 Å². The predicted molar refractivity (Wildman–Crippen MR) is 83.8 cm³/mol. The van der Waals surface area contributed by atoms with Gasteiger partial charge in [-0.3, -0.25) is 4.79 Å². The van der Waals surface area contributed by atoms with Gasteiger partial charge in [0.25, 0.3) is 5.91 Å². The summed E-state index contributed by atoms with van der Waals surface area (Å²) in [5, 5.41) is 0.565. The number of benzene rings is 1. The normalized spacial score (nSPS) is 14.7. The number of nitrogens with zero attached hydrogens (tertiary/aromatic N) is 2. The van der Waals surface area contributed by atoms with E-state index in [1.54, 1.807) is 30.1 Å². The molecule has 1 aliphatic carbocycles. The molecule has 0 saturated carbocycles. The molecule has 0 fully saturated rings. The third-order valence-electron chi connectivity index (χ3n) is 3.72. The molecule has 1 aliphatic rings. The number of hydrogen-bond donors (Lipinski definition) is 0. The number of rotatable bonds is 4. The summed E-state index contributed by atoms with van der Waals surface area (Å²) in [6, 6.07) is 5.14. The molecule has 1 heterocycles. The molecule has 1 amide bonds. The van der Waals surface area contributed by atoms with Crippen molar-refractivity contribution in [3.63, 3.8) is 0 Å². The van der Waals surface area contributed by atoms with E-state index in [-0.39, 0.29) is 18.6 Å². The second-order valence-corrected chi connectivity index (χ2v) is 5.71. The Morgan fingerprint density at radius 2 is 2.32 bits per heavy atom. The van der Waals surface area contributed by atoms with Crippen LogP contribution in [-0.2, 0) is 4.79 Å². The maximum atomic E-state index is 12.2. The maximum absolute atomic E-state index is 12.2. The molecule has 6 heteroatoms. The first-order valence-corrected chi connectivity index (χ1v) is 7.66. The second kappa shape index (κ2) is 6.40. The van der Waals surface area contributed by atoms with Gasteiger partial charge in [-0.15, -0.1) is 0 Å². The Morgan fingerprint density at radius 1 is 1.45 bits per heavy atom. The third-order valence-corrected chi connectivity index (χ3v) is 3.96. The van der Waals surface area contributed by atoms with Crippen LogP contribution in [0.1, 0.15) is 25.7 Å². The molecule has 0 saturated heterocycles. The van der Waals surface area contributed by atoms with Crippen LogP contribution in [0.15, 0.2) is 34.4 Å². The van der Waals surface area contributed by atoms with Gasteiger partial charge in [-0.2, -0.15) is 4.98 Å². The van der Waals surface area contributed by atoms with Crippen LogP contribution in [0.25, 0.3) is 11.1 Å². The number of allylic oxidation sites excluding steroid dienone is 2. The zero-order valence-electron chi connectivity index (χ0n) is 12.3. The van der Waals surface area contributed by atoms with Crippen LogP contribution in [0, 0.1) is 0 Å². The SMILES string of the molecule is CN(C(=O)COc1nc2ccc(Cl)cc2o1)C1=CCCCC1. The molecule has 0 unspecified atom stereocenters. The van der Waals surface area contributed by atoms with Crippen LogP contribution in [0.5, 0.6) is 6.08 Å². The van der Waals surface area contributed by atoms with Crippen molar-refractivity contribution in [2.45, 2.75) is 25.7 Å². The lowest BCUT2D eigenvalue weighted by Crippen LogP contribution is -2.31. The van der Waals surface area contributed by atoms with Crippen LogP contribution in [0.2, 0.25) is 5.02 Å². The summed E-state index contributed by atoms with van der Waals surface area (Å²) in [7, 11) is 1.77. The first kappa shape index (κ1) is 14.9. The first-order chi connectivity index (χ1) is 10.6. The van der Waals surface area contributed by atoms with Crippen molar-refractivity contribution in [2.75, 3.05) is 13.7 Å². The maximum Gasteiger partial charge on any atom is 0.395 e. The number of oxazole rings is 1. The third kappa shape index (κ3) is 3.25. The summed E-state index contributed by atoms with van der Waals surface area (Å²) in [4.78, 5) is 18.0. The average molecular weight is 321 g/mol. The molecular formula is C16H17ClN2O3. The molecule has 0 spiro atoms. The van der Waals surface area contributed by atoms with Crippen LogP contribution in [0.3, 0.4) is 0 Å². The Balaban J connectivity index is 1.63. The van der Waals surface area contributed by atoms with Crippen molar-refractivity contribution >= 4 is 28.6 Å². The number of carbonyl (C=O) groups is 1. The van der Waals surface area contributed by atoms with Crippen LogP contribution < -0.4 is 4.74 Å². The van der Waals surface area contributed by atoms with Crippen molar-refractivity contribution < 1.29 is 13.9 Å². The lowest BCUT2D eigenvalue weighted by Gasteiger charge is -2.23. The Hall–Kier alpha value is -2.01. The quantitative estimate of drug-likeness (QED) is 0.860. The van der Waals surface area contributed by atoms with Gasteiger partial charge in [0.15, 0.2) is 12.2 Å². The number of likely N-dealkylation sites (N-methyl/N-ethyl adjacent to an activating group) is 1. The second-order valence-electron chi connectivity index (χ2n) is 5.27. The lowest BCUT2D eigenvalue weighted by atomic mass is 10.0. The van der Waals surface area contributed by atoms with E-state index in [4.69, 9.17) is 20.8 Å². The topological polar surface area (TPSA) is 55.6 Å². The van der Waals surface area contributed by atoms with Gasteiger partial charge in [-0.25, -0.2) is 0 Å². The number of fused-ring (bicyclic) bond motifs is 1. The van der Waals surface area contributed by atoms with E-state index in [2.05, 4.69) is 11.1 Å². The minimum Gasteiger partial charge on any atom is -0.440 e. The summed E-state index contributed by atoms with van der Waals surface area (Å²) in [6.07, 6.45) is 6.47. The molecule has 0 bridgehead atoms. The monoisotopic (exact) mass is 320 g/mol. The standard InChI is InChI=1S/C16H17ClN2O3/c1-19(12-5-3-2-4-6-12)15(20)10-21-16-18-13-8-7-11(17)9-14(13)22-16/h5,7-9H,2-4,6,10H2,1H3. The molecule has 5 nitrogen and oxygen atoms in total. The summed E-state index contributed by atoms with van der Waals surface area (Å²) < 4.78 is 10.8. The van der Waals surface area contributed by atoms with Crippen molar-refractivity contribution in [3.05, 3.63) is 35.0 Å². The molecule has 0 atom stereocenters. The van der Waals surface area contributed by atoms with Crippen molar-refractivity contribution in [3.8, 4) is 6.08 Å². The van der Waals surface area contributed by atoms with E-state index in [0.717, 1.165) is 25.0 Å². The largest absolute Gasteiger partial charge is 0.440 e. The highest BCUT2D eigenvalue weighted by atomic mass is 35.5. The molecule has 0 radical (unpaired) electrons. The highest BCUT2D eigenvalue weighted by Gasteiger charge is 2.17. The Labute approximate surface area is 133 Å². The fourth-order valence-electron chi connectivity index (χ4n) is 2.45. The van der Waals surface area contributed by atoms with Gasteiger partial charge in [0.1, 0.15) is 5.52 Å². The summed E-state index contributed by atoms with van der Waals surface area (Å²) in [5.74, 6) is -0.117. The smallest absolute Gasteiger partial charge is 0.395 e. The number of halogens is 1. The van der Waals surface area contributed by atoms with E-state index in [0.29, 0.717) is 16.1 Å². The van der Waals surface area contributed by atoms with E-state index in [1.807, 2.05) is 0 Å². The minimum absolute atomic E-state index is 0.0802. The van der Waals surface area contributed by atoms with E-state index in [9.17, 15) is 4.79 Å². The molecular weight excluding hydrogens is 304 g/mol. The highest BCUT2D eigenvalue weighted by molar-refractivity contribution is 6.31. The van der Waals surface area contributed by atoms with E-state index in [1.165, 1.54) is 6.42 Å². The van der Waals surface area contributed by atoms with Gasteiger partial charge in [-0.05, 0) is 37.8 Å². The number of amides is 1. The molecule has 1 aromatic carbocycles. The van der Waals surface area contributed by atoms with Gasteiger partial charge < -0.3 is 14.1 Å². The molecule has 22 heavy (non-hydrogen) atoms. The van der Waals surface area contributed by atoms with Gasteiger partial charge in [-0.1, -0.05) is 17.7 Å². The average Bonchev–Trinajstić information content (AvgIpc) is 2.94. The highest BCUT2D eigenvalue weighted by Crippen LogP contribution is 2.24. The zero-order chi connectivity index (χ0) is 15.5. The molecule has 116 valence electrons. The van der Waals surface area contributed by atoms with Gasteiger partial charge in [0.05, 0.1) is 0 Å². The fourth-order valence-corrected chi connectivity index (χ4v) is 2.61. The van der Waals surface area contributed by atoms with Crippen LogP contribution >= 0.6 is 11.6 Å². The van der Waals surface area contributed by atoms with Gasteiger partial charge >= 0.3 is 6.08 Å². The Kier molecular flexibility index (Phi) is 4.34. The summed E-state index contributed by atoms with van der Waals surface area (Å²) in [6.45, 7) is -0.103. The Morgan fingerprint density at radius 3 is 3.09 bits per heavy atom. The minimum atomic E-state index is -0.117. The lowest BCUT2D eigenvalue weighted by molar-refractivity contribution is -0.130. The Bertz CT molecular complexity index is 723. The molecule has 1 aromatic heterocycles. The number of ether oxygens (including phenoxy) is 1. The first-order valence-electron chi connectivity index (χ1n) is 7.28. The van der Waals surface area contributed by atoms with Crippen LogP contribution in [-0.4, -0.2) is 29.4 Å². The molecule has 3 rings (SSSR count). The zero-order valence-corrected chi connectivity index (χ0v) is 13.1. The summed E-state index contributed by atoms with van der Waals surface area (Å²) in [5.41, 5.74) is 2.25. The van der Waals surface area contributed by atoms with E-state index < -0.39 is 0 Å². The van der Waals surface area contributed by atoms with Gasteiger partial charge in [0, 0.05) is 23.8 Å². The number of aromatic nitrogens is 1.